The lowest BCUT2D eigenvalue weighted by molar-refractivity contribution is 0.586. The summed E-state index contributed by atoms with van der Waals surface area (Å²) in [6.45, 7) is 3.91. The van der Waals surface area contributed by atoms with Gasteiger partial charge in [0, 0.05) is 42.3 Å². The van der Waals surface area contributed by atoms with Crippen molar-refractivity contribution in [3.63, 3.8) is 0 Å². The van der Waals surface area contributed by atoms with E-state index in [0.717, 1.165) is 11.9 Å². The molecule has 0 spiro atoms. The third kappa shape index (κ3) is 5.41. The van der Waals surface area contributed by atoms with Crippen LogP contribution in [0.5, 0.6) is 0 Å². The Balaban J connectivity index is 1.43. The van der Waals surface area contributed by atoms with Crippen LogP contribution >= 0.6 is 0 Å². The van der Waals surface area contributed by atoms with E-state index in [4.69, 9.17) is 0 Å². The summed E-state index contributed by atoms with van der Waals surface area (Å²) in [7, 11) is -3.47. The quantitative estimate of drug-likeness (QED) is 0.198. The average Bonchev–Trinajstić information content (AvgIpc) is 3.56. The number of nitrogens with zero attached hydrogens (tertiary/aromatic N) is 5. The summed E-state index contributed by atoms with van der Waals surface area (Å²) in [4.78, 5) is 20.7. The largest absolute Gasteiger partial charge is 0.382 e. The fourth-order valence-corrected chi connectivity index (χ4v) is 5.14. The summed E-state index contributed by atoms with van der Waals surface area (Å²) >= 11 is 0. The summed E-state index contributed by atoms with van der Waals surface area (Å²) < 4.78 is 56.0. The number of sulfonamides is 1. The molecule has 0 aliphatic rings. The summed E-state index contributed by atoms with van der Waals surface area (Å²) in [5, 5.41) is 10.6. The lowest BCUT2D eigenvalue weighted by Crippen LogP contribution is -2.21. The minimum atomic E-state index is -3.47. The predicted octanol–water partition coefficient (Wildman–Crippen LogP) is 4.77. The number of pyridine rings is 3. The van der Waals surface area contributed by atoms with E-state index >= 15 is 4.39 Å². The number of rotatable bonds is 8. The molecule has 1 aromatic carbocycles. The van der Waals surface area contributed by atoms with Gasteiger partial charge in [-0.3, -0.25) is 15.1 Å². The molecular weight excluding hydrogens is 564 g/mol. The Hall–Kier alpha value is -4.82. The van der Waals surface area contributed by atoms with Gasteiger partial charge in [-0.1, -0.05) is 0 Å². The summed E-state index contributed by atoms with van der Waals surface area (Å²) in [5.41, 5.74) is 4.16. The van der Waals surface area contributed by atoms with Crippen LogP contribution in [-0.4, -0.2) is 55.8 Å². The van der Waals surface area contributed by atoms with Gasteiger partial charge in [0.05, 0.1) is 29.0 Å². The van der Waals surface area contributed by atoms with Crippen molar-refractivity contribution in [2.24, 2.45) is 0 Å². The van der Waals surface area contributed by atoms with E-state index in [2.05, 4.69) is 45.2 Å². The number of hydrogen-bond donors (Lipinski definition) is 4. The van der Waals surface area contributed by atoms with Gasteiger partial charge < -0.3 is 10.3 Å². The molecule has 0 saturated carbocycles. The molecule has 0 unspecified atom stereocenters. The maximum atomic E-state index is 16.1. The fraction of sp³-hybridized carbons (Fsp3) is 0.179. The minimum absolute atomic E-state index is 0.0789. The van der Waals surface area contributed by atoms with Gasteiger partial charge in [-0.2, -0.15) is 5.10 Å². The Morgan fingerprint density at radius 3 is 2.62 bits per heavy atom. The number of anilines is 1. The molecular formula is C28H25F2N9O2S. The van der Waals surface area contributed by atoms with Crippen molar-refractivity contribution in [1.29, 1.82) is 0 Å². The number of hydrogen-bond acceptors (Lipinski definition) is 8. The third-order valence-corrected chi connectivity index (χ3v) is 7.10. The Labute approximate surface area is 238 Å². The van der Waals surface area contributed by atoms with Crippen LogP contribution in [0.2, 0.25) is 0 Å². The maximum Gasteiger partial charge on any atom is 0.209 e. The Morgan fingerprint density at radius 1 is 1.00 bits per heavy atom. The molecule has 214 valence electrons. The zero-order valence-electron chi connectivity index (χ0n) is 22.7. The molecule has 0 fully saturated rings. The van der Waals surface area contributed by atoms with Crippen molar-refractivity contribution in [2.75, 3.05) is 11.6 Å². The molecule has 6 rings (SSSR count). The molecule has 4 N–H and O–H groups in total. The van der Waals surface area contributed by atoms with E-state index in [-0.39, 0.29) is 35.2 Å². The van der Waals surface area contributed by atoms with Crippen LogP contribution in [0.3, 0.4) is 0 Å². The maximum absolute atomic E-state index is 16.1. The lowest BCUT2D eigenvalue weighted by atomic mass is 10.0. The van der Waals surface area contributed by atoms with Gasteiger partial charge in [0.25, 0.3) is 0 Å². The van der Waals surface area contributed by atoms with E-state index in [1.54, 1.807) is 30.6 Å². The molecule has 0 radical (unpaired) electrons. The standard InChI is InChI=1S/C28H25F2N9O2S/c1-14(2)35-19-9-17(11-31-12-19)24-23(30)22-21(13-33-24)38-39-26(22)28-36-25-20(4-5-32-27(25)37-28)16-6-15(7-18(29)8-16)10-34-42(3,40)41/h4-9,11-14,34-35H,10H2,1-3H3,(H,38,39)(H,32,36,37). The first kappa shape index (κ1) is 27.4. The monoisotopic (exact) mass is 589 g/mol. The highest BCUT2D eigenvalue weighted by Gasteiger charge is 2.22. The molecule has 0 amide bonds. The molecule has 14 heteroatoms. The molecule has 42 heavy (non-hydrogen) atoms. The molecule has 0 aliphatic heterocycles. The van der Waals surface area contributed by atoms with E-state index in [1.807, 2.05) is 13.8 Å². The van der Waals surface area contributed by atoms with Crippen molar-refractivity contribution in [3.8, 4) is 33.9 Å². The predicted molar refractivity (Wildman–Crippen MR) is 156 cm³/mol. The zero-order valence-corrected chi connectivity index (χ0v) is 23.5. The second kappa shape index (κ2) is 10.5. The van der Waals surface area contributed by atoms with Crippen LogP contribution in [0.15, 0.2) is 55.1 Å². The van der Waals surface area contributed by atoms with Crippen LogP contribution in [0.1, 0.15) is 19.4 Å². The highest BCUT2D eigenvalue weighted by molar-refractivity contribution is 7.88. The van der Waals surface area contributed by atoms with Crippen LogP contribution in [0, 0.1) is 11.6 Å². The number of aromatic nitrogens is 7. The highest BCUT2D eigenvalue weighted by atomic mass is 32.2. The Morgan fingerprint density at radius 2 is 1.83 bits per heavy atom. The summed E-state index contributed by atoms with van der Waals surface area (Å²) in [6, 6.07) is 7.86. The number of imidazole rings is 1. The molecule has 0 aliphatic carbocycles. The van der Waals surface area contributed by atoms with Crippen LogP contribution < -0.4 is 10.0 Å². The summed E-state index contributed by atoms with van der Waals surface area (Å²) in [6.07, 6.45) is 7.27. The van der Waals surface area contributed by atoms with E-state index in [0.29, 0.717) is 38.9 Å². The van der Waals surface area contributed by atoms with E-state index in [9.17, 15) is 12.8 Å². The first-order valence-corrected chi connectivity index (χ1v) is 14.8. The van der Waals surface area contributed by atoms with Gasteiger partial charge in [-0.15, -0.1) is 0 Å². The number of nitrogens with one attached hydrogen (secondary N) is 4. The number of benzene rings is 1. The van der Waals surface area contributed by atoms with Gasteiger partial charge in [0.1, 0.15) is 22.7 Å². The highest BCUT2D eigenvalue weighted by Crippen LogP contribution is 2.34. The zero-order chi connectivity index (χ0) is 29.6. The van der Waals surface area contributed by atoms with E-state index < -0.39 is 21.7 Å². The Bertz CT molecular complexity index is 2070. The molecule has 6 aromatic rings. The normalized spacial score (nSPS) is 12.0. The number of fused-ring (bicyclic) bond motifs is 2. The van der Waals surface area contributed by atoms with Crippen LogP contribution in [-0.2, 0) is 16.6 Å². The molecule has 0 saturated heterocycles. The smallest absolute Gasteiger partial charge is 0.209 e. The SMILES string of the molecule is CC(C)Nc1cncc(-c2ncc3[nH]nc(-c4nc5c(-c6cc(F)cc(CNS(C)(=O)=O)c6)ccnc5[nH]4)c3c2F)c1. The molecule has 11 nitrogen and oxygen atoms in total. The van der Waals surface area contributed by atoms with Crippen molar-refractivity contribution < 1.29 is 17.2 Å². The van der Waals surface area contributed by atoms with Gasteiger partial charge >= 0.3 is 0 Å². The fourth-order valence-electron chi connectivity index (χ4n) is 4.71. The molecule has 0 bridgehead atoms. The van der Waals surface area contributed by atoms with Gasteiger partial charge in [-0.05, 0) is 55.3 Å². The van der Waals surface area contributed by atoms with Crippen molar-refractivity contribution in [1.82, 2.24) is 39.8 Å². The van der Waals surface area contributed by atoms with Crippen molar-refractivity contribution in [2.45, 2.75) is 26.4 Å². The number of halogens is 2. The average molecular weight is 590 g/mol. The third-order valence-electron chi connectivity index (χ3n) is 6.43. The minimum Gasteiger partial charge on any atom is -0.382 e. The van der Waals surface area contributed by atoms with Gasteiger partial charge in [-0.25, -0.2) is 31.9 Å². The first-order chi connectivity index (χ1) is 20.1. The first-order valence-electron chi connectivity index (χ1n) is 12.9. The topological polar surface area (TPSA) is 154 Å². The lowest BCUT2D eigenvalue weighted by Gasteiger charge is -2.11. The summed E-state index contributed by atoms with van der Waals surface area (Å²) in [5.74, 6) is -0.890. The molecule has 0 atom stereocenters. The van der Waals surface area contributed by atoms with Crippen LogP contribution in [0.25, 0.3) is 56.0 Å². The number of H-pyrrole nitrogens is 2. The van der Waals surface area contributed by atoms with Crippen LogP contribution in [0.4, 0.5) is 14.5 Å². The number of aromatic amines is 2. The van der Waals surface area contributed by atoms with Gasteiger partial charge in [0.15, 0.2) is 17.3 Å². The van der Waals surface area contributed by atoms with Gasteiger partial charge in [0.2, 0.25) is 10.0 Å². The van der Waals surface area contributed by atoms with Crippen molar-refractivity contribution >= 4 is 37.8 Å². The second-order valence-electron chi connectivity index (χ2n) is 10.1. The molecule has 5 heterocycles. The molecule has 5 aromatic heterocycles. The van der Waals surface area contributed by atoms with E-state index in [1.165, 1.54) is 24.5 Å². The van der Waals surface area contributed by atoms with Crippen molar-refractivity contribution in [3.05, 3.63) is 72.3 Å². The Kier molecular flexibility index (Phi) is 6.86. The second-order valence-corrected chi connectivity index (χ2v) is 12.0.